The molecule has 0 radical (unpaired) electrons. The fraction of sp³-hybridized carbons (Fsp3) is 0.722. The molecule has 2 aliphatic rings. The first-order valence-corrected chi connectivity index (χ1v) is 8.74. The van der Waals surface area contributed by atoms with Crippen molar-refractivity contribution in [2.24, 2.45) is 5.92 Å². The zero-order valence-corrected chi connectivity index (χ0v) is 15.4. The minimum atomic E-state index is 0. The fourth-order valence-electron chi connectivity index (χ4n) is 3.83. The van der Waals surface area contributed by atoms with Crippen molar-refractivity contribution in [1.82, 2.24) is 14.8 Å². The van der Waals surface area contributed by atoms with Crippen LogP contribution >= 0.6 is 12.4 Å². The van der Waals surface area contributed by atoms with Crippen LogP contribution in [0, 0.1) is 19.8 Å². The Hall–Kier alpha value is -1.00. The molecule has 2 heterocycles. The molecule has 0 unspecified atom stereocenters. The summed E-state index contributed by atoms with van der Waals surface area (Å²) < 4.78 is 2.37. The van der Waals surface area contributed by atoms with Crippen LogP contribution in [0.3, 0.4) is 0 Å². The summed E-state index contributed by atoms with van der Waals surface area (Å²) in [6.07, 6.45) is 6.06. The Balaban J connectivity index is 0.00000192. The standard InChI is InChI=1S/C18H29N3O.ClH/c1-13-12-17(14(2)21(13)16-4-5-16)18(22)20-10-7-15(8-11-20)6-9-19-3;/h12,15-16,19H,4-11H2,1-3H3;1H. The van der Waals surface area contributed by atoms with Crippen LogP contribution in [-0.2, 0) is 0 Å². The van der Waals surface area contributed by atoms with Gasteiger partial charge in [0.1, 0.15) is 0 Å². The smallest absolute Gasteiger partial charge is 0.255 e. The van der Waals surface area contributed by atoms with Gasteiger partial charge >= 0.3 is 0 Å². The Labute approximate surface area is 146 Å². The van der Waals surface area contributed by atoms with Gasteiger partial charge in [0.25, 0.3) is 5.91 Å². The van der Waals surface area contributed by atoms with Crippen molar-refractivity contribution >= 4 is 18.3 Å². The van der Waals surface area contributed by atoms with E-state index >= 15 is 0 Å². The molecule has 1 aliphatic carbocycles. The summed E-state index contributed by atoms with van der Waals surface area (Å²) in [6.45, 7) is 7.16. The number of nitrogens with one attached hydrogen (secondary N) is 1. The molecule has 2 fully saturated rings. The fourth-order valence-corrected chi connectivity index (χ4v) is 3.83. The summed E-state index contributed by atoms with van der Waals surface area (Å²) in [5.74, 6) is 1.02. The second-order valence-electron chi connectivity index (χ2n) is 7.01. The van der Waals surface area contributed by atoms with E-state index in [4.69, 9.17) is 0 Å². The normalized spacial score (nSPS) is 18.8. The molecule has 1 saturated carbocycles. The SMILES string of the molecule is CNCCC1CCN(C(=O)c2cc(C)n(C3CC3)c2C)CC1.Cl. The molecule has 1 aromatic heterocycles. The Morgan fingerprint density at radius 2 is 1.87 bits per heavy atom. The minimum Gasteiger partial charge on any atom is -0.345 e. The predicted octanol–water partition coefficient (Wildman–Crippen LogP) is 3.32. The monoisotopic (exact) mass is 339 g/mol. The van der Waals surface area contributed by atoms with E-state index in [1.165, 1.54) is 30.7 Å². The van der Waals surface area contributed by atoms with Crippen LogP contribution in [0.25, 0.3) is 0 Å². The zero-order chi connectivity index (χ0) is 15.7. The summed E-state index contributed by atoms with van der Waals surface area (Å²) in [6, 6.07) is 2.75. The van der Waals surface area contributed by atoms with Crippen LogP contribution < -0.4 is 5.32 Å². The molecule has 1 aliphatic heterocycles. The molecule has 5 heteroatoms. The van der Waals surface area contributed by atoms with Crippen LogP contribution in [0.1, 0.15) is 59.9 Å². The van der Waals surface area contributed by atoms with E-state index in [1.807, 2.05) is 7.05 Å². The number of piperidine rings is 1. The maximum absolute atomic E-state index is 12.9. The second kappa shape index (κ2) is 7.71. The zero-order valence-electron chi connectivity index (χ0n) is 14.6. The second-order valence-corrected chi connectivity index (χ2v) is 7.01. The van der Waals surface area contributed by atoms with Crippen molar-refractivity contribution in [3.8, 4) is 0 Å². The molecule has 1 amide bonds. The van der Waals surface area contributed by atoms with Crippen LogP contribution in [0.2, 0.25) is 0 Å². The van der Waals surface area contributed by atoms with Gasteiger partial charge in [-0.05, 0) is 71.5 Å². The number of aryl methyl sites for hydroxylation is 1. The van der Waals surface area contributed by atoms with Gasteiger partial charge in [-0.2, -0.15) is 0 Å². The summed E-state index contributed by atoms with van der Waals surface area (Å²) >= 11 is 0. The first-order valence-electron chi connectivity index (χ1n) is 8.74. The first-order chi connectivity index (χ1) is 10.6. The van der Waals surface area contributed by atoms with Crippen molar-refractivity contribution in [3.63, 3.8) is 0 Å². The van der Waals surface area contributed by atoms with Gasteiger partial charge in [-0.25, -0.2) is 0 Å². The largest absolute Gasteiger partial charge is 0.345 e. The van der Waals surface area contributed by atoms with Crippen LogP contribution in [0.15, 0.2) is 6.07 Å². The number of carbonyl (C=O) groups is 1. The van der Waals surface area contributed by atoms with Gasteiger partial charge in [-0.3, -0.25) is 4.79 Å². The number of hydrogen-bond acceptors (Lipinski definition) is 2. The number of likely N-dealkylation sites (tertiary alicyclic amines) is 1. The van der Waals surface area contributed by atoms with Gasteiger partial charge in [-0.1, -0.05) is 0 Å². The van der Waals surface area contributed by atoms with Gasteiger partial charge in [0, 0.05) is 30.5 Å². The Kier molecular flexibility index (Phi) is 6.15. The summed E-state index contributed by atoms with van der Waals surface area (Å²) in [4.78, 5) is 14.9. The number of hydrogen-bond donors (Lipinski definition) is 1. The van der Waals surface area contributed by atoms with Crippen LogP contribution in [0.4, 0.5) is 0 Å². The average molecular weight is 340 g/mol. The third-order valence-corrected chi connectivity index (χ3v) is 5.33. The van der Waals surface area contributed by atoms with E-state index in [0.29, 0.717) is 6.04 Å². The Bertz CT molecular complexity index is 543. The lowest BCUT2D eigenvalue weighted by Crippen LogP contribution is -2.39. The maximum Gasteiger partial charge on any atom is 0.255 e. The Morgan fingerprint density at radius 1 is 1.22 bits per heavy atom. The molecule has 1 N–H and O–H groups in total. The molecule has 0 bridgehead atoms. The predicted molar refractivity (Wildman–Crippen MR) is 96.6 cm³/mol. The number of amides is 1. The summed E-state index contributed by atoms with van der Waals surface area (Å²) in [7, 11) is 2.01. The minimum absolute atomic E-state index is 0. The van der Waals surface area contributed by atoms with E-state index in [2.05, 4.69) is 34.7 Å². The average Bonchev–Trinajstić information content (AvgIpc) is 3.31. The molecule has 0 spiro atoms. The van der Waals surface area contributed by atoms with Crippen LogP contribution in [0.5, 0.6) is 0 Å². The van der Waals surface area contributed by atoms with E-state index in [-0.39, 0.29) is 18.3 Å². The van der Waals surface area contributed by atoms with Crippen molar-refractivity contribution < 1.29 is 4.79 Å². The third kappa shape index (κ3) is 3.92. The number of nitrogens with zero attached hydrogens (tertiary/aromatic N) is 2. The van der Waals surface area contributed by atoms with E-state index in [9.17, 15) is 4.79 Å². The number of halogens is 1. The lowest BCUT2D eigenvalue weighted by Gasteiger charge is -2.32. The molecule has 3 rings (SSSR count). The molecule has 1 aromatic rings. The molecular formula is C18H30ClN3O. The maximum atomic E-state index is 12.9. The van der Waals surface area contributed by atoms with Crippen molar-refractivity contribution in [1.29, 1.82) is 0 Å². The third-order valence-electron chi connectivity index (χ3n) is 5.33. The number of carbonyl (C=O) groups excluding carboxylic acids is 1. The quantitative estimate of drug-likeness (QED) is 0.893. The van der Waals surface area contributed by atoms with Crippen molar-refractivity contribution in [2.45, 2.75) is 52.0 Å². The van der Waals surface area contributed by atoms with Gasteiger partial charge in [0.05, 0.1) is 5.56 Å². The van der Waals surface area contributed by atoms with Gasteiger partial charge < -0.3 is 14.8 Å². The van der Waals surface area contributed by atoms with E-state index < -0.39 is 0 Å². The van der Waals surface area contributed by atoms with Crippen molar-refractivity contribution in [3.05, 3.63) is 23.0 Å². The van der Waals surface area contributed by atoms with Gasteiger partial charge in [0.15, 0.2) is 0 Å². The van der Waals surface area contributed by atoms with E-state index in [1.54, 1.807) is 0 Å². The molecule has 1 saturated heterocycles. The number of rotatable bonds is 5. The summed E-state index contributed by atoms with van der Waals surface area (Å²) in [5, 5.41) is 3.22. The molecule has 23 heavy (non-hydrogen) atoms. The van der Waals surface area contributed by atoms with Gasteiger partial charge in [-0.15, -0.1) is 12.4 Å². The molecule has 0 aromatic carbocycles. The highest BCUT2D eigenvalue weighted by molar-refractivity contribution is 5.95. The lowest BCUT2D eigenvalue weighted by molar-refractivity contribution is 0.0686. The van der Waals surface area contributed by atoms with E-state index in [0.717, 1.165) is 44.0 Å². The highest BCUT2D eigenvalue weighted by Crippen LogP contribution is 2.38. The highest BCUT2D eigenvalue weighted by atomic mass is 35.5. The Morgan fingerprint density at radius 3 is 2.43 bits per heavy atom. The highest BCUT2D eigenvalue weighted by Gasteiger charge is 2.30. The molecule has 0 atom stereocenters. The molecule has 130 valence electrons. The lowest BCUT2D eigenvalue weighted by atomic mass is 9.93. The molecule has 4 nitrogen and oxygen atoms in total. The number of aromatic nitrogens is 1. The summed E-state index contributed by atoms with van der Waals surface area (Å²) in [5.41, 5.74) is 3.34. The first kappa shape index (κ1) is 18.3. The van der Waals surface area contributed by atoms with Crippen LogP contribution in [-0.4, -0.2) is 42.1 Å². The molecular weight excluding hydrogens is 310 g/mol. The van der Waals surface area contributed by atoms with Gasteiger partial charge in [0.2, 0.25) is 0 Å². The van der Waals surface area contributed by atoms with Crippen molar-refractivity contribution in [2.75, 3.05) is 26.7 Å². The topological polar surface area (TPSA) is 37.3 Å².